The van der Waals surface area contributed by atoms with Gasteiger partial charge in [-0.15, -0.1) is 0 Å². The highest BCUT2D eigenvalue weighted by atomic mass is 35.5. The zero-order valence-electron chi connectivity index (χ0n) is 13.6. The third kappa shape index (κ3) is 5.52. The minimum Gasteiger partial charge on any atom is -0.494 e. The molecule has 0 bridgehead atoms. The van der Waals surface area contributed by atoms with Crippen LogP contribution in [0.4, 0.5) is 0 Å². The van der Waals surface area contributed by atoms with Crippen LogP contribution < -0.4 is 4.74 Å². The SMILES string of the molecule is Cc1cc(OCCCCN2C[C@H](C)C[C@H](C)C2)ccc1Cl. The lowest BCUT2D eigenvalue weighted by Gasteiger charge is -2.34. The second-order valence-corrected chi connectivity index (χ2v) is 7.08. The topological polar surface area (TPSA) is 12.5 Å². The van der Waals surface area contributed by atoms with Gasteiger partial charge in [0.25, 0.3) is 0 Å². The Balaban J connectivity index is 1.62. The van der Waals surface area contributed by atoms with Gasteiger partial charge in [0, 0.05) is 18.1 Å². The van der Waals surface area contributed by atoms with Crippen molar-refractivity contribution in [3.63, 3.8) is 0 Å². The number of benzene rings is 1. The van der Waals surface area contributed by atoms with Crippen LogP contribution in [0.1, 0.15) is 38.7 Å². The van der Waals surface area contributed by atoms with Crippen molar-refractivity contribution >= 4 is 11.6 Å². The van der Waals surface area contributed by atoms with E-state index in [-0.39, 0.29) is 0 Å². The molecule has 0 aliphatic carbocycles. The van der Waals surface area contributed by atoms with Gasteiger partial charge in [-0.2, -0.15) is 0 Å². The highest BCUT2D eigenvalue weighted by Crippen LogP contribution is 2.22. The van der Waals surface area contributed by atoms with E-state index < -0.39 is 0 Å². The summed E-state index contributed by atoms with van der Waals surface area (Å²) < 4.78 is 5.80. The van der Waals surface area contributed by atoms with E-state index >= 15 is 0 Å². The predicted molar refractivity (Wildman–Crippen MR) is 90.3 cm³/mol. The molecule has 1 fully saturated rings. The van der Waals surface area contributed by atoms with Gasteiger partial charge in [0.05, 0.1) is 6.61 Å². The first kappa shape index (κ1) is 16.6. The quantitative estimate of drug-likeness (QED) is 0.701. The highest BCUT2D eigenvalue weighted by molar-refractivity contribution is 6.31. The Hall–Kier alpha value is -0.730. The summed E-state index contributed by atoms with van der Waals surface area (Å²) in [5, 5.41) is 0.802. The first-order valence-electron chi connectivity index (χ1n) is 8.16. The summed E-state index contributed by atoms with van der Waals surface area (Å²) in [5.74, 6) is 2.63. The van der Waals surface area contributed by atoms with Crippen molar-refractivity contribution in [2.75, 3.05) is 26.2 Å². The molecule has 0 saturated carbocycles. The zero-order valence-corrected chi connectivity index (χ0v) is 14.3. The molecule has 21 heavy (non-hydrogen) atoms. The number of hydrogen-bond acceptors (Lipinski definition) is 2. The Labute approximate surface area is 134 Å². The van der Waals surface area contributed by atoms with E-state index in [1.807, 2.05) is 25.1 Å². The summed E-state index contributed by atoms with van der Waals surface area (Å²) in [4.78, 5) is 2.62. The fourth-order valence-electron chi connectivity index (χ4n) is 3.31. The fourth-order valence-corrected chi connectivity index (χ4v) is 3.43. The molecule has 3 heteroatoms. The molecule has 0 unspecified atom stereocenters. The Morgan fingerprint density at radius 2 is 1.90 bits per heavy atom. The zero-order chi connectivity index (χ0) is 15.2. The summed E-state index contributed by atoms with van der Waals surface area (Å²) in [7, 11) is 0. The minimum absolute atomic E-state index is 0.792. The van der Waals surface area contributed by atoms with Crippen LogP contribution >= 0.6 is 11.6 Å². The predicted octanol–water partition coefficient (Wildman–Crippen LogP) is 4.79. The van der Waals surface area contributed by atoms with Crippen LogP contribution in [0.2, 0.25) is 5.02 Å². The van der Waals surface area contributed by atoms with Crippen molar-refractivity contribution in [1.29, 1.82) is 0 Å². The van der Waals surface area contributed by atoms with Crippen LogP contribution in [0, 0.1) is 18.8 Å². The molecule has 1 aromatic rings. The average Bonchev–Trinajstić information content (AvgIpc) is 2.41. The number of hydrogen-bond donors (Lipinski definition) is 0. The van der Waals surface area contributed by atoms with E-state index in [0.717, 1.165) is 41.2 Å². The maximum absolute atomic E-state index is 6.01. The molecule has 1 aromatic carbocycles. The fraction of sp³-hybridized carbons (Fsp3) is 0.667. The molecule has 1 saturated heterocycles. The average molecular weight is 310 g/mol. The Morgan fingerprint density at radius 3 is 2.57 bits per heavy atom. The Bertz CT molecular complexity index is 439. The molecule has 118 valence electrons. The number of rotatable bonds is 6. The summed E-state index contributed by atoms with van der Waals surface area (Å²) in [6.45, 7) is 11.3. The molecule has 2 nitrogen and oxygen atoms in total. The molecule has 1 aliphatic heterocycles. The van der Waals surface area contributed by atoms with Gasteiger partial charge < -0.3 is 9.64 Å². The summed E-state index contributed by atoms with van der Waals surface area (Å²) >= 11 is 6.01. The largest absolute Gasteiger partial charge is 0.494 e. The molecule has 2 atom stereocenters. The Kier molecular flexibility index (Phi) is 6.38. The molecular formula is C18H28ClNO. The molecular weight excluding hydrogens is 282 g/mol. The molecule has 1 aliphatic rings. The first-order valence-corrected chi connectivity index (χ1v) is 8.53. The number of nitrogens with zero attached hydrogens (tertiary/aromatic N) is 1. The number of piperidine rings is 1. The molecule has 0 amide bonds. The van der Waals surface area contributed by atoms with Gasteiger partial charge in [0.1, 0.15) is 5.75 Å². The van der Waals surface area contributed by atoms with Gasteiger partial charge in [-0.3, -0.25) is 0 Å². The maximum Gasteiger partial charge on any atom is 0.119 e. The van der Waals surface area contributed by atoms with Crippen LogP contribution in [0.3, 0.4) is 0 Å². The monoisotopic (exact) mass is 309 g/mol. The van der Waals surface area contributed by atoms with E-state index in [2.05, 4.69) is 18.7 Å². The second-order valence-electron chi connectivity index (χ2n) is 6.67. The minimum atomic E-state index is 0.792. The maximum atomic E-state index is 6.01. The smallest absolute Gasteiger partial charge is 0.119 e. The van der Waals surface area contributed by atoms with Gasteiger partial charge in [-0.25, -0.2) is 0 Å². The van der Waals surface area contributed by atoms with Crippen LogP contribution in [-0.4, -0.2) is 31.1 Å². The lowest BCUT2D eigenvalue weighted by molar-refractivity contribution is 0.136. The van der Waals surface area contributed by atoms with E-state index in [1.54, 1.807) is 0 Å². The van der Waals surface area contributed by atoms with Gasteiger partial charge >= 0.3 is 0 Å². The van der Waals surface area contributed by atoms with Gasteiger partial charge in [-0.1, -0.05) is 25.4 Å². The van der Waals surface area contributed by atoms with Crippen molar-refractivity contribution < 1.29 is 4.74 Å². The number of unbranched alkanes of at least 4 members (excludes halogenated alkanes) is 1. The molecule has 1 heterocycles. The summed E-state index contributed by atoms with van der Waals surface area (Å²) in [5.41, 5.74) is 1.07. The van der Waals surface area contributed by atoms with Gasteiger partial charge in [-0.05, 0) is 68.3 Å². The highest BCUT2D eigenvalue weighted by Gasteiger charge is 2.20. The van der Waals surface area contributed by atoms with Crippen molar-refractivity contribution in [2.45, 2.75) is 40.0 Å². The third-order valence-corrected chi connectivity index (χ3v) is 4.64. The summed E-state index contributed by atoms with van der Waals surface area (Å²) in [6.07, 6.45) is 3.71. The molecule has 0 aromatic heterocycles. The summed E-state index contributed by atoms with van der Waals surface area (Å²) in [6, 6.07) is 5.86. The Morgan fingerprint density at radius 1 is 1.19 bits per heavy atom. The molecule has 0 N–H and O–H groups in total. The van der Waals surface area contributed by atoms with Crippen LogP contribution in [0.5, 0.6) is 5.75 Å². The second kappa shape index (κ2) is 8.05. The van der Waals surface area contributed by atoms with E-state index in [4.69, 9.17) is 16.3 Å². The van der Waals surface area contributed by atoms with E-state index in [9.17, 15) is 0 Å². The van der Waals surface area contributed by atoms with Crippen LogP contribution in [0.25, 0.3) is 0 Å². The first-order chi connectivity index (χ1) is 10.0. The number of ether oxygens (including phenoxy) is 1. The van der Waals surface area contributed by atoms with Crippen molar-refractivity contribution in [3.8, 4) is 5.75 Å². The van der Waals surface area contributed by atoms with Gasteiger partial charge in [0.15, 0.2) is 0 Å². The number of halogens is 1. The van der Waals surface area contributed by atoms with Crippen molar-refractivity contribution in [2.24, 2.45) is 11.8 Å². The molecule has 0 radical (unpaired) electrons. The van der Waals surface area contributed by atoms with E-state index in [1.165, 1.54) is 32.5 Å². The standard InChI is InChI=1S/C18H28ClNO/c1-14-10-15(2)13-20(12-14)8-4-5-9-21-17-6-7-18(19)16(3)11-17/h6-7,11,14-15H,4-5,8-10,12-13H2,1-3H3/t14-,15+. The number of aryl methyl sites for hydroxylation is 1. The van der Waals surface area contributed by atoms with Crippen LogP contribution in [-0.2, 0) is 0 Å². The van der Waals surface area contributed by atoms with E-state index in [0.29, 0.717) is 0 Å². The molecule has 0 spiro atoms. The normalized spacial score (nSPS) is 23.2. The van der Waals surface area contributed by atoms with Crippen molar-refractivity contribution in [3.05, 3.63) is 28.8 Å². The lowest BCUT2D eigenvalue weighted by Crippen LogP contribution is -2.39. The van der Waals surface area contributed by atoms with Crippen LogP contribution in [0.15, 0.2) is 18.2 Å². The third-order valence-electron chi connectivity index (χ3n) is 4.21. The molecule has 2 rings (SSSR count). The lowest BCUT2D eigenvalue weighted by atomic mass is 9.92. The van der Waals surface area contributed by atoms with Crippen molar-refractivity contribution in [1.82, 2.24) is 4.90 Å². The van der Waals surface area contributed by atoms with Gasteiger partial charge in [0.2, 0.25) is 0 Å². The number of likely N-dealkylation sites (tertiary alicyclic amines) is 1.